The van der Waals surface area contributed by atoms with Crippen LogP contribution in [0.4, 0.5) is 0 Å². The van der Waals surface area contributed by atoms with E-state index in [9.17, 15) is 24.3 Å². The van der Waals surface area contributed by atoms with E-state index in [2.05, 4.69) is 28.2 Å². The maximum Gasteiger partial charge on any atom is 0.324 e. The average Bonchev–Trinajstić information content (AvgIpc) is 3.01. The van der Waals surface area contributed by atoms with Gasteiger partial charge in [-0.3, -0.25) is 24.2 Å². The third-order valence-electron chi connectivity index (χ3n) is 8.72. The highest BCUT2D eigenvalue weighted by Crippen LogP contribution is 2.26. The molecule has 4 N–H and O–H groups in total. The third kappa shape index (κ3) is 8.59. The summed E-state index contributed by atoms with van der Waals surface area (Å²) in [7, 11) is 0. The van der Waals surface area contributed by atoms with Gasteiger partial charge in [-0.25, -0.2) is 5.43 Å². The molecule has 5 atom stereocenters. The first-order valence-corrected chi connectivity index (χ1v) is 15.7. The number of ether oxygens (including phenoxy) is 1. The van der Waals surface area contributed by atoms with Crippen LogP contribution in [-0.4, -0.2) is 65.1 Å². The molecule has 2 aromatic carbocycles. The SMILES string of the molecule is CC(C)[C@@H]1NC(=O)[C@H](C)[C@H](C)c2ccc(cc2)CCCCOC(=O)[C@@H]2CCCN(N2)C(=O)[C@H](Cc2cccc(O)c2)NC1=O. The summed E-state index contributed by atoms with van der Waals surface area (Å²) in [6.45, 7) is 8.19. The molecule has 10 nitrogen and oxygen atoms in total. The number of carbonyl (C=O) groups is 4. The number of phenolic OH excluding ortho intramolecular Hbond substituents is 1. The number of aryl methyl sites for hydroxylation is 1. The second-order valence-corrected chi connectivity index (χ2v) is 12.4. The van der Waals surface area contributed by atoms with E-state index in [1.54, 1.807) is 18.2 Å². The lowest BCUT2D eigenvalue weighted by Gasteiger charge is -2.35. The smallest absolute Gasteiger partial charge is 0.324 e. The number of phenols is 1. The number of esters is 1. The number of carbonyl (C=O) groups excluding carboxylic acids is 4. The molecule has 2 aromatic rings. The van der Waals surface area contributed by atoms with Crippen molar-refractivity contribution in [3.63, 3.8) is 0 Å². The monoisotopic (exact) mass is 606 g/mol. The summed E-state index contributed by atoms with van der Waals surface area (Å²) in [4.78, 5) is 53.9. The van der Waals surface area contributed by atoms with Crippen LogP contribution in [0, 0.1) is 11.8 Å². The number of fused-ring (bicyclic) bond motifs is 15. The lowest BCUT2D eigenvalue weighted by Crippen LogP contribution is -2.62. The van der Waals surface area contributed by atoms with Gasteiger partial charge in [0.2, 0.25) is 11.8 Å². The Bertz CT molecular complexity index is 1310. The van der Waals surface area contributed by atoms with Crippen molar-refractivity contribution in [1.82, 2.24) is 21.1 Å². The Hall–Kier alpha value is -3.92. The highest BCUT2D eigenvalue weighted by atomic mass is 16.5. The fraction of sp³-hybridized carbons (Fsp3) is 0.529. The highest BCUT2D eigenvalue weighted by Gasteiger charge is 2.36. The van der Waals surface area contributed by atoms with Crippen molar-refractivity contribution in [2.75, 3.05) is 13.2 Å². The van der Waals surface area contributed by atoms with Gasteiger partial charge < -0.3 is 20.5 Å². The summed E-state index contributed by atoms with van der Waals surface area (Å²) in [6.07, 6.45) is 3.63. The van der Waals surface area contributed by atoms with Crippen LogP contribution in [0.1, 0.15) is 76.0 Å². The second kappa shape index (κ2) is 15.2. The minimum atomic E-state index is -1.02. The van der Waals surface area contributed by atoms with E-state index in [0.717, 1.165) is 18.4 Å². The van der Waals surface area contributed by atoms with Gasteiger partial charge in [-0.05, 0) is 72.8 Å². The Kier molecular flexibility index (Phi) is 11.4. The molecule has 3 heterocycles. The number of benzene rings is 2. The molecule has 0 spiro atoms. The predicted molar refractivity (Wildman–Crippen MR) is 166 cm³/mol. The molecule has 238 valence electrons. The lowest BCUT2D eigenvalue weighted by atomic mass is 9.87. The minimum Gasteiger partial charge on any atom is -0.508 e. The lowest BCUT2D eigenvalue weighted by molar-refractivity contribution is -0.153. The van der Waals surface area contributed by atoms with Crippen LogP contribution in [-0.2, 0) is 36.8 Å². The Morgan fingerprint density at radius 2 is 1.68 bits per heavy atom. The summed E-state index contributed by atoms with van der Waals surface area (Å²) in [5.74, 6) is -2.25. The highest BCUT2D eigenvalue weighted by molar-refractivity contribution is 5.93. The summed E-state index contributed by atoms with van der Waals surface area (Å²) in [5, 5.41) is 17.2. The number of amides is 3. The Morgan fingerprint density at radius 3 is 2.39 bits per heavy atom. The molecule has 0 aliphatic carbocycles. The van der Waals surface area contributed by atoms with Crippen LogP contribution in [0.2, 0.25) is 0 Å². The van der Waals surface area contributed by atoms with Crippen LogP contribution in [0.15, 0.2) is 48.5 Å². The van der Waals surface area contributed by atoms with E-state index in [0.29, 0.717) is 38.0 Å². The molecule has 0 unspecified atom stereocenters. The molecule has 3 aliphatic rings. The maximum atomic E-state index is 13.9. The number of hydrazine groups is 1. The summed E-state index contributed by atoms with van der Waals surface area (Å²) >= 11 is 0. The van der Waals surface area contributed by atoms with Crippen LogP contribution in [0.3, 0.4) is 0 Å². The first-order chi connectivity index (χ1) is 21.0. The molecule has 4 bridgehead atoms. The van der Waals surface area contributed by atoms with Gasteiger partial charge >= 0.3 is 5.97 Å². The van der Waals surface area contributed by atoms with Gasteiger partial charge in [0.15, 0.2) is 0 Å². The number of rotatable bonds is 3. The molecule has 3 aliphatic heterocycles. The number of hydrogen-bond acceptors (Lipinski definition) is 7. The van der Waals surface area contributed by atoms with E-state index in [1.165, 1.54) is 16.6 Å². The Balaban J connectivity index is 1.62. The minimum absolute atomic E-state index is 0.0451. The molecule has 10 heteroatoms. The fourth-order valence-corrected chi connectivity index (χ4v) is 5.71. The van der Waals surface area contributed by atoms with Crippen LogP contribution < -0.4 is 16.1 Å². The van der Waals surface area contributed by atoms with E-state index >= 15 is 0 Å². The van der Waals surface area contributed by atoms with Crippen molar-refractivity contribution in [3.05, 3.63) is 65.2 Å². The quantitative estimate of drug-likeness (QED) is 0.393. The zero-order valence-electron chi connectivity index (χ0n) is 26.2. The van der Waals surface area contributed by atoms with Gasteiger partial charge in [-0.15, -0.1) is 0 Å². The fourth-order valence-electron chi connectivity index (χ4n) is 5.71. The molecule has 0 saturated carbocycles. The van der Waals surface area contributed by atoms with Gasteiger partial charge in [0.25, 0.3) is 5.91 Å². The molecule has 0 radical (unpaired) electrons. The van der Waals surface area contributed by atoms with Gasteiger partial charge in [-0.1, -0.05) is 64.1 Å². The van der Waals surface area contributed by atoms with Crippen molar-refractivity contribution in [2.24, 2.45) is 11.8 Å². The summed E-state index contributed by atoms with van der Waals surface area (Å²) in [5.41, 5.74) is 5.87. The van der Waals surface area contributed by atoms with Crippen molar-refractivity contribution < 1.29 is 29.0 Å². The standard InChI is InChI=1S/C34H46N4O6/c1-21(2)30-32(41)35-29(20-25-10-7-11-27(39)19-25)33(42)38-17-8-12-28(37-38)34(43)44-18-6-5-9-24-13-15-26(16-14-24)22(3)23(4)31(40)36-30/h7,10-11,13-16,19,21-23,28-30,37,39H,5-6,8-9,12,17-18,20H2,1-4H3,(H,35,41)(H,36,40)/t22-,23+,28-,29-,30-/m0/s1. The number of nitrogens with zero attached hydrogens (tertiary/aromatic N) is 1. The molecular weight excluding hydrogens is 560 g/mol. The van der Waals surface area contributed by atoms with Crippen LogP contribution >= 0.6 is 0 Å². The maximum absolute atomic E-state index is 13.9. The van der Waals surface area contributed by atoms with Crippen LogP contribution in [0.25, 0.3) is 0 Å². The Labute approximate surface area is 259 Å². The zero-order valence-corrected chi connectivity index (χ0v) is 26.2. The molecule has 0 aromatic heterocycles. The van der Waals surface area contributed by atoms with E-state index in [1.807, 2.05) is 39.8 Å². The molecule has 44 heavy (non-hydrogen) atoms. The van der Waals surface area contributed by atoms with E-state index < -0.39 is 41.8 Å². The predicted octanol–water partition coefficient (Wildman–Crippen LogP) is 3.38. The van der Waals surface area contributed by atoms with Crippen molar-refractivity contribution >= 4 is 23.7 Å². The normalized spacial score (nSPS) is 26.3. The average molecular weight is 607 g/mol. The first kappa shape index (κ1) is 33.0. The zero-order chi connectivity index (χ0) is 31.8. The van der Waals surface area contributed by atoms with Gasteiger partial charge in [-0.2, -0.15) is 0 Å². The van der Waals surface area contributed by atoms with Crippen molar-refractivity contribution in [2.45, 2.75) is 90.3 Å². The third-order valence-corrected chi connectivity index (χ3v) is 8.72. The van der Waals surface area contributed by atoms with Crippen molar-refractivity contribution in [1.29, 1.82) is 0 Å². The molecule has 1 fully saturated rings. The van der Waals surface area contributed by atoms with E-state index in [-0.39, 0.29) is 29.9 Å². The number of aromatic hydroxyl groups is 1. The summed E-state index contributed by atoms with van der Waals surface area (Å²) < 4.78 is 5.56. The molecule has 5 rings (SSSR count). The van der Waals surface area contributed by atoms with Gasteiger partial charge in [0.1, 0.15) is 23.9 Å². The number of nitrogens with one attached hydrogen (secondary N) is 3. The first-order valence-electron chi connectivity index (χ1n) is 15.7. The largest absolute Gasteiger partial charge is 0.508 e. The van der Waals surface area contributed by atoms with Gasteiger partial charge in [0, 0.05) is 18.9 Å². The summed E-state index contributed by atoms with van der Waals surface area (Å²) in [6, 6.07) is 12.2. The van der Waals surface area contributed by atoms with Crippen molar-refractivity contribution in [3.8, 4) is 5.75 Å². The molecular formula is C34H46N4O6. The Morgan fingerprint density at radius 1 is 0.932 bits per heavy atom. The van der Waals surface area contributed by atoms with Gasteiger partial charge in [0.05, 0.1) is 6.61 Å². The second-order valence-electron chi connectivity index (χ2n) is 12.4. The van der Waals surface area contributed by atoms with E-state index in [4.69, 9.17) is 4.74 Å². The van der Waals surface area contributed by atoms with Crippen LogP contribution in [0.5, 0.6) is 5.75 Å². The molecule has 3 amide bonds. The topological polar surface area (TPSA) is 137 Å². The molecule has 1 saturated heterocycles. The number of hydrogen-bond donors (Lipinski definition) is 4.